The van der Waals surface area contributed by atoms with Gasteiger partial charge in [-0.3, -0.25) is 0 Å². The normalized spacial score (nSPS) is 21.3. The van der Waals surface area contributed by atoms with E-state index >= 15 is 0 Å². The van der Waals surface area contributed by atoms with E-state index in [4.69, 9.17) is 9.47 Å². The number of aliphatic hydroxyl groups excluding tert-OH is 1. The molecule has 1 aromatic rings. The molecule has 0 spiro atoms. The van der Waals surface area contributed by atoms with Crippen molar-refractivity contribution in [1.82, 2.24) is 5.32 Å². The SMILES string of the molecule is CC(NC1CC1)C(O)c1ccc2c(c1)OCO2. The Hall–Kier alpha value is -1.26. The van der Waals surface area contributed by atoms with Gasteiger partial charge < -0.3 is 19.9 Å². The van der Waals surface area contributed by atoms with E-state index in [1.165, 1.54) is 12.8 Å². The number of hydrogen-bond acceptors (Lipinski definition) is 4. The van der Waals surface area contributed by atoms with Crippen LogP contribution in [0.2, 0.25) is 0 Å². The largest absolute Gasteiger partial charge is 0.454 e. The second kappa shape index (κ2) is 4.20. The van der Waals surface area contributed by atoms with Gasteiger partial charge in [0.1, 0.15) is 0 Å². The molecule has 0 bridgehead atoms. The first-order valence-corrected chi connectivity index (χ1v) is 6.08. The molecule has 4 nitrogen and oxygen atoms in total. The maximum Gasteiger partial charge on any atom is 0.231 e. The maximum absolute atomic E-state index is 10.2. The highest BCUT2D eigenvalue weighted by molar-refractivity contribution is 5.45. The lowest BCUT2D eigenvalue weighted by Gasteiger charge is -2.20. The van der Waals surface area contributed by atoms with Gasteiger partial charge >= 0.3 is 0 Å². The highest BCUT2D eigenvalue weighted by atomic mass is 16.7. The molecule has 2 atom stereocenters. The molecule has 17 heavy (non-hydrogen) atoms. The third-order valence-corrected chi connectivity index (χ3v) is 3.29. The molecule has 2 unspecified atom stereocenters. The average molecular weight is 235 g/mol. The van der Waals surface area contributed by atoms with Gasteiger partial charge in [0.05, 0.1) is 6.10 Å². The van der Waals surface area contributed by atoms with Crippen molar-refractivity contribution in [3.8, 4) is 11.5 Å². The number of nitrogens with one attached hydrogen (secondary N) is 1. The van der Waals surface area contributed by atoms with Crippen LogP contribution in [0.1, 0.15) is 31.4 Å². The van der Waals surface area contributed by atoms with Gasteiger partial charge in [-0.1, -0.05) is 6.07 Å². The third kappa shape index (κ3) is 2.23. The zero-order valence-corrected chi connectivity index (χ0v) is 9.85. The van der Waals surface area contributed by atoms with Crippen molar-refractivity contribution in [3.05, 3.63) is 23.8 Å². The molecule has 1 aromatic carbocycles. The van der Waals surface area contributed by atoms with Crippen molar-refractivity contribution in [2.75, 3.05) is 6.79 Å². The fourth-order valence-corrected chi connectivity index (χ4v) is 2.10. The predicted molar refractivity (Wildman–Crippen MR) is 63.1 cm³/mol. The molecule has 1 aliphatic carbocycles. The summed E-state index contributed by atoms with van der Waals surface area (Å²) in [5.74, 6) is 1.48. The van der Waals surface area contributed by atoms with E-state index in [9.17, 15) is 5.11 Å². The second-order valence-electron chi connectivity index (χ2n) is 4.79. The summed E-state index contributed by atoms with van der Waals surface area (Å²) in [5, 5.41) is 13.6. The second-order valence-corrected chi connectivity index (χ2v) is 4.79. The third-order valence-electron chi connectivity index (χ3n) is 3.29. The Bertz CT molecular complexity index is 417. The van der Waals surface area contributed by atoms with Crippen molar-refractivity contribution in [2.45, 2.75) is 38.0 Å². The Balaban J connectivity index is 1.73. The van der Waals surface area contributed by atoms with E-state index in [-0.39, 0.29) is 12.8 Å². The lowest BCUT2D eigenvalue weighted by atomic mass is 10.0. The average Bonchev–Trinajstić information content (AvgIpc) is 3.02. The number of rotatable bonds is 4. The fraction of sp³-hybridized carbons (Fsp3) is 0.538. The first-order chi connectivity index (χ1) is 8.24. The van der Waals surface area contributed by atoms with Crippen LogP contribution < -0.4 is 14.8 Å². The number of ether oxygens (including phenoxy) is 2. The van der Waals surface area contributed by atoms with Crippen LogP contribution in [-0.4, -0.2) is 24.0 Å². The molecule has 4 heteroatoms. The van der Waals surface area contributed by atoms with Gasteiger partial charge in [0, 0.05) is 12.1 Å². The highest BCUT2D eigenvalue weighted by Crippen LogP contribution is 2.35. The summed E-state index contributed by atoms with van der Waals surface area (Å²) in [6.45, 7) is 2.28. The van der Waals surface area contributed by atoms with Crippen molar-refractivity contribution in [1.29, 1.82) is 0 Å². The van der Waals surface area contributed by atoms with Gasteiger partial charge in [0.15, 0.2) is 11.5 Å². The van der Waals surface area contributed by atoms with Crippen LogP contribution in [0.3, 0.4) is 0 Å². The van der Waals surface area contributed by atoms with Gasteiger partial charge in [-0.25, -0.2) is 0 Å². The van der Waals surface area contributed by atoms with E-state index in [1.807, 2.05) is 25.1 Å². The maximum atomic E-state index is 10.2. The molecular formula is C13H17NO3. The van der Waals surface area contributed by atoms with Gasteiger partial charge in [-0.2, -0.15) is 0 Å². The van der Waals surface area contributed by atoms with Crippen LogP contribution >= 0.6 is 0 Å². The molecular weight excluding hydrogens is 218 g/mol. The molecule has 0 amide bonds. The summed E-state index contributed by atoms with van der Waals surface area (Å²) in [6.07, 6.45) is 1.93. The zero-order valence-electron chi connectivity index (χ0n) is 9.85. The Kier molecular flexibility index (Phi) is 2.68. The van der Waals surface area contributed by atoms with E-state index in [0.29, 0.717) is 6.04 Å². The van der Waals surface area contributed by atoms with Gasteiger partial charge in [-0.05, 0) is 37.5 Å². The molecule has 1 aliphatic heterocycles. The van der Waals surface area contributed by atoms with Gasteiger partial charge in [0.2, 0.25) is 6.79 Å². The van der Waals surface area contributed by atoms with Gasteiger partial charge in [-0.15, -0.1) is 0 Å². The van der Waals surface area contributed by atoms with E-state index in [1.54, 1.807) is 0 Å². The number of benzene rings is 1. The molecule has 0 aromatic heterocycles. The summed E-state index contributed by atoms with van der Waals surface area (Å²) < 4.78 is 10.6. The smallest absolute Gasteiger partial charge is 0.231 e. The van der Waals surface area contributed by atoms with E-state index < -0.39 is 6.10 Å². The Labute approximate surface area is 101 Å². The molecule has 3 rings (SSSR count). The van der Waals surface area contributed by atoms with Crippen LogP contribution in [0.5, 0.6) is 11.5 Å². The minimum Gasteiger partial charge on any atom is -0.454 e. The Morgan fingerprint density at radius 2 is 2.06 bits per heavy atom. The topological polar surface area (TPSA) is 50.7 Å². The number of hydrogen-bond donors (Lipinski definition) is 2. The minimum absolute atomic E-state index is 0.0582. The van der Waals surface area contributed by atoms with E-state index in [0.717, 1.165) is 17.1 Å². The van der Waals surface area contributed by atoms with Crippen LogP contribution in [0.25, 0.3) is 0 Å². The molecule has 1 fully saturated rings. The number of aliphatic hydroxyl groups is 1. The minimum atomic E-state index is -0.509. The first-order valence-electron chi connectivity index (χ1n) is 6.08. The Morgan fingerprint density at radius 1 is 1.29 bits per heavy atom. The van der Waals surface area contributed by atoms with Crippen molar-refractivity contribution < 1.29 is 14.6 Å². The molecule has 1 heterocycles. The summed E-state index contributed by atoms with van der Waals surface area (Å²) in [7, 11) is 0. The van der Waals surface area contributed by atoms with Crippen LogP contribution in [0.4, 0.5) is 0 Å². The zero-order chi connectivity index (χ0) is 11.8. The lowest BCUT2D eigenvalue weighted by Crippen LogP contribution is -2.33. The fourth-order valence-electron chi connectivity index (χ4n) is 2.10. The standard InChI is InChI=1S/C13H17NO3/c1-8(14-10-3-4-10)13(15)9-2-5-11-12(6-9)17-7-16-11/h2,5-6,8,10,13-15H,3-4,7H2,1H3. The molecule has 2 N–H and O–H groups in total. The van der Waals surface area contributed by atoms with Crippen molar-refractivity contribution >= 4 is 0 Å². The molecule has 0 saturated heterocycles. The molecule has 0 radical (unpaired) electrons. The predicted octanol–water partition coefficient (Wildman–Crippen LogP) is 1.59. The molecule has 2 aliphatic rings. The quantitative estimate of drug-likeness (QED) is 0.832. The van der Waals surface area contributed by atoms with Crippen LogP contribution in [0.15, 0.2) is 18.2 Å². The van der Waals surface area contributed by atoms with Gasteiger partial charge in [0.25, 0.3) is 0 Å². The summed E-state index contributed by atoms with van der Waals surface area (Å²) in [6, 6.07) is 6.25. The summed E-state index contributed by atoms with van der Waals surface area (Å²) >= 11 is 0. The Morgan fingerprint density at radius 3 is 2.82 bits per heavy atom. The summed E-state index contributed by atoms with van der Waals surface area (Å²) in [4.78, 5) is 0. The highest BCUT2D eigenvalue weighted by Gasteiger charge is 2.27. The van der Waals surface area contributed by atoms with Crippen LogP contribution in [0, 0.1) is 0 Å². The summed E-state index contributed by atoms with van der Waals surface area (Å²) in [5.41, 5.74) is 0.870. The van der Waals surface area contributed by atoms with Crippen molar-refractivity contribution in [2.24, 2.45) is 0 Å². The molecule has 92 valence electrons. The first kappa shape index (κ1) is 10.9. The van der Waals surface area contributed by atoms with Crippen LogP contribution in [-0.2, 0) is 0 Å². The monoisotopic (exact) mass is 235 g/mol. The molecule has 1 saturated carbocycles. The number of fused-ring (bicyclic) bond motifs is 1. The lowest BCUT2D eigenvalue weighted by molar-refractivity contribution is 0.134. The van der Waals surface area contributed by atoms with E-state index in [2.05, 4.69) is 5.32 Å². The van der Waals surface area contributed by atoms with Crippen molar-refractivity contribution in [3.63, 3.8) is 0 Å².